The standard InChI is InChI=1S/C26H22N6O3/c1-35-19-14-12-17(13-15-19)21-23(29-26(27)31-34)28-24-20(16-8-4-2-5-9-16)22(30-32(24)25(21)33)18-10-6-3-7-11-18/h2-15,30,34H,1H3,(H3,27,29,31). The molecule has 0 amide bonds. The number of ether oxygens (including phenoxy) is 1. The number of nitrogens with two attached hydrogens (primary N) is 1. The molecule has 0 bridgehead atoms. The molecule has 0 saturated heterocycles. The van der Waals surface area contributed by atoms with Crippen molar-refractivity contribution in [2.24, 2.45) is 10.7 Å². The van der Waals surface area contributed by atoms with Gasteiger partial charge in [0.1, 0.15) is 5.75 Å². The zero-order valence-corrected chi connectivity index (χ0v) is 18.8. The number of nitrogens with zero attached hydrogens (tertiary/aromatic N) is 3. The van der Waals surface area contributed by atoms with E-state index >= 15 is 0 Å². The maximum absolute atomic E-state index is 13.9. The lowest BCUT2D eigenvalue weighted by Crippen LogP contribution is -2.28. The number of nitrogens with one attached hydrogen (secondary N) is 2. The molecule has 35 heavy (non-hydrogen) atoms. The molecule has 0 aliphatic rings. The molecular formula is C26H22N6O3. The van der Waals surface area contributed by atoms with Crippen LogP contribution < -0.4 is 21.5 Å². The van der Waals surface area contributed by atoms with E-state index in [0.29, 0.717) is 17.0 Å². The zero-order valence-electron chi connectivity index (χ0n) is 18.8. The first-order chi connectivity index (χ1) is 17.1. The van der Waals surface area contributed by atoms with Crippen molar-refractivity contribution in [3.8, 4) is 39.3 Å². The predicted octanol–water partition coefficient (Wildman–Crippen LogP) is 3.96. The van der Waals surface area contributed by atoms with Gasteiger partial charge in [-0.25, -0.2) is 10.5 Å². The van der Waals surface area contributed by atoms with Gasteiger partial charge in [0.15, 0.2) is 11.5 Å². The highest BCUT2D eigenvalue weighted by Gasteiger charge is 2.22. The van der Waals surface area contributed by atoms with Gasteiger partial charge in [0.05, 0.1) is 23.9 Å². The van der Waals surface area contributed by atoms with Crippen LogP contribution in [0.25, 0.3) is 39.2 Å². The fourth-order valence-electron chi connectivity index (χ4n) is 3.98. The molecule has 9 nitrogen and oxygen atoms in total. The van der Waals surface area contributed by atoms with E-state index in [9.17, 15) is 10.0 Å². The van der Waals surface area contributed by atoms with Gasteiger partial charge in [-0.05, 0) is 23.3 Å². The maximum Gasteiger partial charge on any atom is 0.282 e. The molecule has 0 atom stereocenters. The van der Waals surface area contributed by atoms with Gasteiger partial charge in [-0.3, -0.25) is 15.1 Å². The molecule has 0 fully saturated rings. The van der Waals surface area contributed by atoms with Gasteiger partial charge in [-0.1, -0.05) is 72.8 Å². The Balaban J connectivity index is 1.88. The van der Waals surface area contributed by atoms with E-state index in [1.54, 1.807) is 36.9 Å². The second-order valence-corrected chi connectivity index (χ2v) is 7.71. The summed E-state index contributed by atoms with van der Waals surface area (Å²) in [6.07, 6.45) is 0. The number of aromatic nitrogens is 3. The Morgan fingerprint density at radius 1 is 0.943 bits per heavy atom. The Bertz CT molecular complexity index is 1570. The number of fused-ring (bicyclic) bond motifs is 1. The lowest BCUT2D eigenvalue weighted by molar-refractivity contribution is 0.233. The van der Waals surface area contributed by atoms with Gasteiger partial charge < -0.3 is 10.5 Å². The van der Waals surface area contributed by atoms with Crippen LogP contribution in [0.5, 0.6) is 5.75 Å². The van der Waals surface area contributed by atoms with Crippen molar-refractivity contribution < 1.29 is 9.94 Å². The number of aliphatic imine (C=N–C) groups is 1. The Kier molecular flexibility index (Phi) is 5.74. The van der Waals surface area contributed by atoms with Crippen LogP contribution in [0.2, 0.25) is 0 Å². The molecule has 5 N–H and O–H groups in total. The van der Waals surface area contributed by atoms with Crippen molar-refractivity contribution in [1.82, 2.24) is 20.1 Å². The summed E-state index contributed by atoms with van der Waals surface area (Å²) in [6.45, 7) is 0. The quantitative estimate of drug-likeness (QED) is 0.176. The molecule has 0 saturated carbocycles. The average Bonchev–Trinajstić information content (AvgIpc) is 3.30. The molecule has 2 aromatic heterocycles. The first kappa shape index (κ1) is 21.9. The van der Waals surface area contributed by atoms with E-state index in [1.165, 1.54) is 4.52 Å². The van der Waals surface area contributed by atoms with Gasteiger partial charge in [0.25, 0.3) is 5.56 Å². The SMILES string of the molecule is COc1ccc(-c2c(N=C(N)NO)nc3c(-c4ccccc4)c(-c4ccccc4)[nH]n3c2=O)cc1. The number of aromatic amines is 1. The van der Waals surface area contributed by atoms with Crippen LogP contribution in [0.3, 0.4) is 0 Å². The summed E-state index contributed by atoms with van der Waals surface area (Å²) >= 11 is 0. The summed E-state index contributed by atoms with van der Waals surface area (Å²) in [7, 11) is 1.57. The van der Waals surface area contributed by atoms with Crippen LogP contribution in [-0.4, -0.2) is 32.9 Å². The second kappa shape index (κ2) is 9.16. The van der Waals surface area contributed by atoms with Crippen LogP contribution in [0, 0.1) is 0 Å². The van der Waals surface area contributed by atoms with Gasteiger partial charge in [0.2, 0.25) is 5.96 Å². The van der Waals surface area contributed by atoms with E-state index in [2.05, 4.69) is 10.1 Å². The molecule has 174 valence electrons. The number of guanidine groups is 1. The van der Waals surface area contributed by atoms with Crippen LogP contribution in [0.4, 0.5) is 5.82 Å². The summed E-state index contributed by atoms with van der Waals surface area (Å²) < 4.78 is 6.65. The third-order valence-electron chi connectivity index (χ3n) is 5.61. The molecule has 9 heteroatoms. The Hall–Kier alpha value is -4.89. The highest BCUT2D eigenvalue weighted by molar-refractivity contribution is 5.92. The second-order valence-electron chi connectivity index (χ2n) is 7.71. The van der Waals surface area contributed by atoms with Crippen molar-refractivity contribution in [2.45, 2.75) is 0 Å². The number of hydrogen-bond acceptors (Lipinski definition) is 5. The minimum atomic E-state index is -0.371. The molecular weight excluding hydrogens is 444 g/mol. The number of methoxy groups -OCH3 is 1. The van der Waals surface area contributed by atoms with Gasteiger partial charge in [-0.2, -0.15) is 9.51 Å². The number of hydrogen-bond donors (Lipinski definition) is 4. The largest absolute Gasteiger partial charge is 0.497 e. The third kappa shape index (κ3) is 4.00. The highest BCUT2D eigenvalue weighted by Crippen LogP contribution is 2.36. The van der Waals surface area contributed by atoms with Gasteiger partial charge >= 0.3 is 0 Å². The monoisotopic (exact) mass is 466 g/mol. The molecule has 5 aromatic rings. The summed E-state index contributed by atoms with van der Waals surface area (Å²) in [4.78, 5) is 22.8. The minimum Gasteiger partial charge on any atom is -0.497 e. The molecule has 0 unspecified atom stereocenters. The van der Waals surface area contributed by atoms with Crippen molar-refractivity contribution in [2.75, 3.05) is 7.11 Å². The molecule has 5 rings (SSSR count). The zero-order chi connectivity index (χ0) is 24.4. The van der Waals surface area contributed by atoms with Crippen molar-refractivity contribution in [3.63, 3.8) is 0 Å². The van der Waals surface area contributed by atoms with E-state index in [1.807, 2.05) is 60.7 Å². The average molecular weight is 467 g/mol. The van der Waals surface area contributed by atoms with E-state index in [-0.39, 0.29) is 22.9 Å². The van der Waals surface area contributed by atoms with E-state index in [4.69, 9.17) is 15.5 Å². The topological polar surface area (TPSA) is 130 Å². The van der Waals surface area contributed by atoms with Crippen LogP contribution in [0.15, 0.2) is 94.7 Å². The molecule has 0 aliphatic carbocycles. The van der Waals surface area contributed by atoms with E-state index < -0.39 is 0 Å². The Morgan fingerprint density at radius 2 is 1.54 bits per heavy atom. The summed E-state index contributed by atoms with van der Waals surface area (Å²) in [5.41, 5.74) is 11.6. The summed E-state index contributed by atoms with van der Waals surface area (Å²) in [5.74, 6) is 0.410. The van der Waals surface area contributed by atoms with Crippen LogP contribution >= 0.6 is 0 Å². The first-order valence-electron chi connectivity index (χ1n) is 10.8. The first-order valence-corrected chi connectivity index (χ1v) is 10.8. The van der Waals surface area contributed by atoms with Crippen molar-refractivity contribution in [3.05, 3.63) is 95.3 Å². The lowest BCUT2D eigenvalue weighted by Gasteiger charge is -2.08. The normalized spacial score (nSPS) is 11.5. The number of hydroxylamine groups is 1. The fraction of sp³-hybridized carbons (Fsp3) is 0.0385. The number of rotatable bonds is 5. The molecule has 3 aromatic carbocycles. The molecule has 0 spiro atoms. The highest BCUT2D eigenvalue weighted by atomic mass is 16.5. The summed E-state index contributed by atoms with van der Waals surface area (Å²) in [5, 5.41) is 12.5. The lowest BCUT2D eigenvalue weighted by atomic mass is 10.0. The van der Waals surface area contributed by atoms with Crippen LogP contribution in [0.1, 0.15) is 0 Å². The number of H-pyrrole nitrogens is 1. The predicted molar refractivity (Wildman–Crippen MR) is 135 cm³/mol. The Morgan fingerprint density at radius 3 is 2.14 bits per heavy atom. The molecule has 0 aliphatic heterocycles. The minimum absolute atomic E-state index is 0.0648. The van der Waals surface area contributed by atoms with Gasteiger partial charge in [0, 0.05) is 5.56 Å². The van der Waals surface area contributed by atoms with Gasteiger partial charge in [-0.15, -0.1) is 0 Å². The Labute approximate surface area is 200 Å². The number of benzene rings is 3. The third-order valence-corrected chi connectivity index (χ3v) is 5.61. The molecule has 2 heterocycles. The summed E-state index contributed by atoms with van der Waals surface area (Å²) in [6, 6.07) is 26.3. The molecule has 0 radical (unpaired) electrons. The van der Waals surface area contributed by atoms with Crippen molar-refractivity contribution >= 4 is 17.4 Å². The van der Waals surface area contributed by atoms with Crippen LogP contribution in [-0.2, 0) is 0 Å². The fourth-order valence-corrected chi connectivity index (χ4v) is 3.98. The van der Waals surface area contributed by atoms with Crippen molar-refractivity contribution in [1.29, 1.82) is 0 Å². The maximum atomic E-state index is 13.9. The smallest absolute Gasteiger partial charge is 0.282 e. The van der Waals surface area contributed by atoms with E-state index in [0.717, 1.165) is 22.4 Å².